The molecule has 0 radical (unpaired) electrons. The normalized spacial score (nSPS) is 44.1. The third kappa shape index (κ3) is 3.82. The van der Waals surface area contributed by atoms with Gasteiger partial charge in [0.05, 0.1) is 24.2 Å². The molecule has 4 N–H and O–H groups in total. The lowest BCUT2D eigenvalue weighted by molar-refractivity contribution is -0.142. The first kappa shape index (κ1) is 28.2. The topological polar surface area (TPSA) is 132 Å². The van der Waals surface area contributed by atoms with Gasteiger partial charge in [-0.1, -0.05) is 47.1 Å². The van der Waals surface area contributed by atoms with Crippen LogP contribution in [0.2, 0.25) is 0 Å². The highest BCUT2D eigenvalue weighted by atomic mass is 16.4. The number of rotatable bonds is 5. The highest BCUT2D eigenvalue weighted by Gasteiger charge is 2.69. The number of hydrogen-bond acceptors (Lipinski definition) is 6. The molecule has 7 nitrogen and oxygen atoms in total. The van der Waals surface area contributed by atoms with E-state index in [0.29, 0.717) is 36.8 Å². The zero-order chi connectivity index (χ0) is 27.9. The summed E-state index contributed by atoms with van der Waals surface area (Å²) in [4.78, 5) is 37.9. The van der Waals surface area contributed by atoms with Gasteiger partial charge in [0.2, 0.25) is 0 Å². The quantitative estimate of drug-likeness (QED) is 0.408. The van der Waals surface area contributed by atoms with Gasteiger partial charge >= 0.3 is 5.97 Å². The summed E-state index contributed by atoms with van der Waals surface area (Å²) in [5, 5.41) is 43.2. The van der Waals surface area contributed by atoms with Crippen molar-refractivity contribution in [3.63, 3.8) is 0 Å². The van der Waals surface area contributed by atoms with Crippen LogP contribution in [-0.4, -0.2) is 56.3 Å². The highest BCUT2D eigenvalue weighted by Crippen LogP contribution is 2.71. The fourth-order valence-corrected chi connectivity index (χ4v) is 8.96. The highest BCUT2D eigenvalue weighted by molar-refractivity contribution is 6.00. The molecule has 4 aliphatic carbocycles. The zero-order valence-corrected chi connectivity index (χ0v) is 23.3. The van der Waals surface area contributed by atoms with E-state index >= 15 is 0 Å². The van der Waals surface area contributed by atoms with Gasteiger partial charge in [-0.3, -0.25) is 14.4 Å². The number of carboxylic acid groups (broad SMARTS) is 1. The molecular weight excluding hydrogens is 472 g/mol. The van der Waals surface area contributed by atoms with Crippen molar-refractivity contribution in [2.45, 2.75) is 105 Å². The van der Waals surface area contributed by atoms with Gasteiger partial charge in [-0.15, -0.1) is 0 Å². The molecule has 0 aromatic rings. The maximum Gasteiger partial charge on any atom is 0.306 e. The smallest absolute Gasteiger partial charge is 0.306 e. The van der Waals surface area contributed by atoms with Gasteiger partial charge in [-0.05, 0) is 72.3 Å². The van der Waals surface area contributed by atoms with Crippen LogP contribution in [0.15, 0.2) is 22.8 Å². The van der Waals surface area contributed by atoms with Crippen molar-refractivity contribution in [3.05, 3.63) is 22.8 Å². The van der Waals surface area contributed by atoms with Crippen LogP contribution in [0.4, 0.5) is 0 Å². The summed E-state index contributed by atoms with van der Waals surface area (Å²) in [7, 11) is 0. The molecule has 0 aliphatic heterocycles. The summed E-state index contributed by atoms with van der Waals surface area (Å²) in [6, 6.07) is 0. The first-order valence-corrected chi connectivity index (χ1v) is 13.7. The van der Waals surface area contributed by atoms with E-state index < -0.39 is 51.9 Å². The average molecular weight is 517 g/mol. The van der Waals surface area contributed by atoms with E-state index in [4.69, 9.17) is 5.11 Å². The molecule has 0 heterocycles. The van der Waals surface area contributed by atoms with Gasteiger partial charge in [0.25, 0.3) is 0 Å². The predicted octanol–water partition coefficient (Wildman–Crippen LogP) is 3.84. The lowest BCUT2D eigenvalue weighted by Gasteiger charge is -2.62. The number of aliphatic hydroxyl groups is 3. The Balaban J connectivity index is 1.79. The number of ketones is 2. The van der Waals surface area contributed by atoms with Crippen LogP contribution in [0.25, 0.3) is 0 Å². The second kappa shape index (κ2) is 8.85. The van der Waals surface area contributed by atoms with Gasteiger partial charge in [-0.25, -0.2) is 0 Å². The monoisotopic (exact) mass is 516 g/mol. The summed E-state index contributed by atoms with van der Waals surface area (Å²) in [5.74, 6) is -2.44. The number of carboxylic acids is 1. The van der Waals surface area contributed by atoms with Crippen LogP contribution in [0.3, 0.4) is 0 Å². The van der Waals surface area contributed by atoms with E-state index in [1.165, 1.54) is 13.0 Å². The second-order valence-corrected chi connectivity index (χ2v) is 13.7. The molecule has 0 bridgehead atoms. The molecule has 4 aliphatic rings. The first-order valence-electron chi connectivity index (χ1n) is 13.7. The molecule has 0 amide bonds. The maximum atomic E-state index is 14.1. The molecule has 9 atom stereocenters. The molecule has 37 heavy (non-hydrogen) atoms. The van der Waals surface area contributed by atoms with Gasteiger partial charge < -0.3 is 20.4 Å². The van der Waals surface area contributed by atoms with Crippen molar-refractivity contribution < 1.29 is 34.8 Å². The van der Waals surface area contributed by atoms with Crippen molar-refractivity contribution in [1.29, 1.82) is 0 Å². The summed E-state index contributed by atoms with van der Waals surface area (Å²) in [6.45, 7) is 13.4. The molecule has 0 spiro atoms. The van der Waals surface area contributed by atoms with E-state index in [2.05, 4.69) is 6.92 Å². The van der Waals surface area contributed by atoms with Gasteiger partial charge in [0.1, 0.15) is 0 Å². The molecule has 4 rings (SSSR count). The number of hydrogen-bond donors (Lipinski definition) is 4. The van der Waals surface area contributed by atoms with Crippen LogP contribution >= 0.6 is 0 Å². The Kier molecular flexibility index (Phi) is 6.74. The molecular formula is C30H44O7. The van der Waals surface area contributed by atoms with Crippen LogP contribution in [0, 0.1) is 39.4 Å². The number of carbonyl (C=O) groups is 3. The Morgan fingerprint density at radius 3 is 2.27 bits per heavy atom. The van der Waals surface area contributed by atoms with Gasteiger partial charge in [0, 0.05) is 23.8 Å². The summed E-state index contributed by atoms with van der Waals surface area (Å²) in [5.41, 5.74) is -0.477. The van der Waals surface area contributed by atoms with E-state index in [0.717, 1.165) is 5.57 Å². The van der Waals surface area contributed by atoms with Crippen molar-refractivity contribution in [3.8, 4) is 0 Å². The average Bonchev–Trinajstić information content (AvgIpc) is 2.99. The third-order valence-electron chi connectivity index (χ3n) is 11.4. The van der Waals surface area contributed by atoms with Crippen LogP contribution in [0.1, 0.15) is 87.0 Å². The van der Waals surface area contributed by atoms with Crippen molar-refractivity contribution >= 4 is 17.5 Å². The molecule has 7 heteroatoms. The summed E-state index contributed by atoms with van der Waals surface area (Å²) < 4.78 is 0. The Morgan fingerprint density at radius 2 is 1.68 bits per heavy atom. The van der Waals surface area contributed by atoms with Crippen molar-refractivity contribution in [1.82, 2.24) is 0 Å². The second-order valence-electron chi connectivity index (χ2n) is 13.7. The summed E-state index contributed by atoms with van der Waals surface area (Å²) in [6.07, 6.45) is 1.39. The number of aliphatic carboxylic acids is 1. The number of carbonyl (C=O) groups excluding carboxylic acids is 2. The minimum Gasteiger partial charge on any atom is -0.481 e. The Hall–Kier alpha value is -1.83. The van der Waals surface area contributed by atoms with Crippen molar-refractivity contribution in [2.24, 2.45) is 39.4 Å². The minimum atomic E-state index is -1.02. The zero-order valence-electron chi connectivity index (χ0n) is 23.3. The molecule has 0 aromatic carbocycles. The lowest BCUT2D eigenvalue weighted by Crippen LogP contribution is -2.60. The molecule has 206 valence electrons. The number of Topliss-reactive ketones (excluding diaryl/α,β-unsaturated/α-hetero) is 1. The summed E-state index contributed by atoms with van der Waals surface area (Å²) >= 11 is 0. The maximum absolute atomic E-state index is 14.1. The first-order chi connectivity index (χ1) is 16.9. The van der Waals surface area contributed by atoms with Crippen LogP contribution in [-0.2, 0) is 14.4 Å². The molecule has 0 aromatic heterocycles. The van der Waals surface area contributed by atoms with Gasteiger partial charge in [-0.2, -0.15) is 0 Å². The minimum absolute atomic E-state index is 0.00820. The number of aliphatic hydroxyl groups excluding tert-OH is 3. The standard InChI is InChI=1S/C30H44O7/c1-15(10-17(31)11-16(2)26(36)37)18-12-23(35)30(7)25-19(32)13-21-27(3,4)22(34)8-9-28(21,5)24(25)20(33)14-29(18,30)6/h10,16,18-19,21-23,32,34-35H,8-9,11-14H2,1-7H3,(H,36,37)/b15-10-/t16?,18?,19-,21?,22-,23-,28-,29+,30-/m0/s1. The SMILES string of the molecule is C/C(=C/C(=O)CC(C)C(=O)O)C1C[C@H](O)[C@@]2(C)C3=C(C(=O)C[C@]12C)[C@@]1(C)CC[C@H](O)C(C)(C)C1C[C@@H]3O. The molecule has 2 saturated carbocycles. The van der Waals surface area contributed by atoms with E-state index in [9.17, 15) is 29.7 Å². The number of fused-ring (bicyclic) bond motifs is 4. The van der Waals surface area contributed by atoms with Crippen molar-refractivity contribution in [2.75, 3.05) is 0 Å². The van der Waals surface area contributed by atoms with Crippen LogP contribution < -0.4 is 0 Å². The Bertz CT molecular complexity index is 1090. The van der Waals surface area contributed by atoms with E-state index in [-0.39, 0.29) is 36.2 Å². The van der Waals surface area contributed by atoms with Crippen LogP contribution in [0.5, 0.6) is 0 Å². The largest absolute Gasteiger partial charge is 0.481 e. The molecule has 0 saturated heterocycles. The number of allylic oxidation sites excluding steroid dienone is 3. The fraction of sp³-hybridized carbons (Fsp3) is 0.767. The molecule has 3 unspecified atom stereocenters. The molecule has 2 fully saturated rings. The van der Waals surface area contributed by atoms with E-state index in [1.54, 1.807) is 0 Å². The fourth-order valence-electron chi connectivity index (χ4n) is 8.96. The lowest BCUT2D eigenvalue weighted by atomic mass is 9.42. The Labute approximate surface area is 220 Å². The third-order valence-corrected chi connectivity index (χ3v) is 11.4. The predicted molar refractivity (Wildman–Crippen MR) is 138 cm³/mol. The van der Waals surface area contributed by atoms with E-state index in [1.807, 2.05) is 34.6 Å². The van der Waals surface area contributed by atoms with Gasteiger partial charge in [0.15, 0.2) is 11.6 Å². The Morgan fingerprint density at radius 1 is 1.05 bits per heavy atom.